The fourth-order valence-corrected chi connectivity index (χ4v) is 3.47. The van der Waals surface area contributed by atoms with Crippen LogP contribution in [0.4, 0.5) is 0 Å². The molecule has 0 bridgehead atoms. The highest BCUT2D eigenvalue weighted by Crippen LogP contribution is 2.26. The van der Waals surface area contributed by atoms with E-state index in [4.69, 9.17) is 16.3 Å². The molecule has 6 nitrogen and oxygen atoms in total. The number of guanidine groups is 1. The second-order valence-corrected chi connectivity index (χ2v) is 8.24. The first-order valence-electron chi connectivity index (χ1n) is 9.30. The molecule has 0 aliphatic rings. The molecule has 2 aromatic rings. The number of halogens is 1. The second-order valence-electron chi connectivity index (χ2n) is 6.49. The lowest BCUT2D eigenvalue weighted by atomic mass is 10.2. The minimum Gasteiger partial charge on any atom is -0.492 e. The third-order valence-corrected chi connectivity index (χ3v) is 5.24. The monoisotopic (exact) mass is 424 g/mol. The van der Waals surface area contributed by atoms with E-state index < -0.39 is 6.10 Å². The average Bonchev–Trinajstić information content (AvgIpc) is 3.11. The van der Waals surface area contributed by atoms with Gasteiger partial charge in [0.2, 0.25) is 0 Å². The van der Waals surface area contributed by atoms with E-state index in [0.29, 0.717) is 30.0 Å². The summed E-state index contributed by atoms with van der Waals surface area (Å²) in [5, 5.41) is 16.7. The van der Waals surface area contributed by atoms with Crippen LogP contribution in [-0.4, -0.2) is 56.3 Å². The Labute approximate surface area is 176 Å². The van der Waals surface area contributed by atoms with Gasteiger partial charge in [-0.3, -0.25) is 0 Å². The van der Waals surface area contributed by atoms with Gasteiger partial charge in [-0.15, -0.1) is 11.3 Å². The Morgan fingerprint density at radius 1 is 1.25 bits per heavy atom. The van der Waals surface area contributed by atoms with Gasteiger partial charge in [-0.25, -0.2) is 4.99 Å². The maximum Gasteiger partial charge on any atom is 0.191 e. The Hall–Kier alpha value is -1.80. The molecule has 3 N–H and O–H groups in total. The van der Waals surface area contributed by atoms with Gasteiger partial charge in [-0.05, 0) is 39.2 Å². The summed E-state index contributed by atoms with van der Waals surface area (Å²) in [5.74, 6) is 1.49. The number of aliphatic hydroxyl groups is 1. The molecule has 1 atom stereocenters. The topological polar surface area (TPSA) is 69.1 Å². The number of likely N-dealkylation sites (N-methyl/N-ethyl adjacent to an activating group) is 1. The molecule has 0 fully saturated rings. The molecule has 28 heavy (non-hydrogen) atoms. The van der Waals surface area contributed by atoms with Crippen molar-refractivity contribution in [1.82, 2.24) is 15.5 Å². The molecule has 0 saturated heterocycles. The van der Waals surface area contributed by atoms with Crippen LogP contribution in [0.25, 0.3) is 0 Å². The van der Waals surface area contributed by atoms with Gasteiger partial charge >= 0.3 is 0 Å². The zero-order valence-corrected chi connectivity index (χ0v) is 18.2. The Balaban J connectivity index is 1.96. The predicted octanol–water partition coefficient (Wildman–Crippen LogP) is 3.13. The molecular formula is C20H29ClN4O2S. The Morgan fingerprint density at radius 2 is 2.04 bits per heavy atom. The van der Waals surface area contributed by atoms with Crippen molar-refractivity contribution in [1.29, 1.82) is 0 Å². The third kappa shape index (κ3) is 7.67. The number of nitrogens with one attached hydrogen (secondary N) is 2. The fraction of sp³-hybridized carbons (Fsp3) is 0.450. The second kappa shape index (κ2) is 11.9. The van der Waals surface area contributed by atoms with Gasteiger partial charge in [0, 0.05) is 30.1 Å². The molecular weight excluding hydrogens is 396 g/mol. The first kappa shape index (κ1) is 22.5. The number of nitrogens with zero attached hydrogens (tertiary/aromatic N) is 2. The number of rotatable bonds is 10. The van der Waals surface area contributed by atoms with Crippen molar-refractivity contribution >= 4 is 28.9 Å². The van der Waals surface area contributed by atoms with E-state index in [1.807, 2.05) is 51.4 Å². The van der Waals surface area contributed by atoms with Crippen LogP contribution in [0.15, 0.2) is 41.4 Å². The van der Waals surface area contributed by atoms with E-state index in [-0.39, 0.29) is 0 Å². The molecule has 1 aromatic carbocycles. The average molecular weight is 425 g/mol. The van der Waals surface area contributed by atoms with E-state index in [2.05, 4.69) is 20.5 Å². The predicted molar refractivity (Wildman–Crippen MR) is 118 cm³/mol. The van der Waals surface area contributed by atoms with E-state index in [0.717, 1.165) is 29.3 Å². The van der Waals surface area contributed by atoms with E-state index in [1.165, 1.54) is 11.3 Å². The van der Waals surface area contributed by atoms with Gasteiger partial charge in [0.15, 0.2) is 5.96 Å². The van der Waals surface area contributed by atoms with Crippen LogP contribution in [0.5, 0.6) is 5.75 Å². The van der Waals surface area contributed by atoms with Crippen molar-refractivity contribution in [2.45, 2.75) is 19.6 Å². The maximum absolute atomic E-state index is 10.3. The lowest BCUT2D eigenvalue weighted by Gasteiger charge is -2.15. The minimum absolute atomic E-state index is 0.351. The lowest BCUT2D eigenvalue weighted by molar-refractivity contribution is 0.184. The number of hydrogen-bond acceptors (Lipinski definition) is 5. The Bertz CT molecular complexity index is 751. The van der Waals surface area contributed by atoms with Crippen LogP contribution in [0.2, 0.25) is 4.34 Å². The quantitative estimate of drug-likeness (QED) is 0.404. The van der Waals surface area contributed by atoms with Crippen LogP contribution in [-0.2, 0) is 6.54 Å². The standard InChI is InChI=1S/C20H29ClN4O2S/c1-4-22-20(24-14-16(26)18-9-10-19(21)28-18)23-13-15-7-5-6-8-17(15)27-12-11-25(2)3/h5-10,16,26H,4,11-14H2,1-3H3,(H2,22,23,24). The zero-order valence-electron chi connectivity index (χ0n) is 16.6. The van der Waals surface area contributed by atoms with Gasteiger partial charge in [0.1, 0.15) is 18.5 Å². The molecule has 154 valence electrons. The van der Waals surface area contributed by atoms with Gasteiger partial charge < -0.3 is 25.4 Å². The smallest absolute Gasteiger partial charge is 0.191 e. The molecule has 0 spiro atoms. The molecule has 0 saturated carbocycles. The zero-order chi connectivity index (χ0) is 20.4. The number of aliphatic imine (C=N–C) groups is 1. The Morgan fingerprint density at radius 3 is 2.71 bits per heavy atom. The number of benzene rings is 1. The molecule has 8 heteroatoms. The number of aliphatic hydroxyl groups excluding tert-OH is 1. The summed E-state index contributed by atoms with van der Waals surface area (Å²) in [6, 6.07) is 11.5. The summed E-state index contributed by atoms with van der Waals surface area (Å²) in [6.07, 6.45) is -0.636. The van der Waals surface area contributed by atoms with Crippen molar-refractivity contribution in [2.24, 2.45) is 4.99 Å². The molecule has 1 aromatic heterocycles. The number of ether oxygens (including phenoxy) is 1. The van der Waals surface area contributed by atoms with Crippen LogP contribution in [0.1, 0.15) is 23.5 Å². The van der Waals surface area contributed by atoms with Crippen LogP contribution in [0, 0.1) is 0 Å². The first-order chi connectivity index (χ1) is 13.5. The van der Waals surface area contributed by atoms with Crippen LogP contribution < -0.4 is 15.4 Å². The number of para-hydroxylation sites is 1. The molecule has 0 radical (unpaired) electrons. The lowest BCUT2D eigenvalue weighted by Crippen LogP contribution is -2.39. The van der Waals surface area contributed by atoms with Gasteiger partial charge in [0.05, 0.1) is 10.9 Å². The summed E-state index contributed by atoms with van der Waals surface area (Å²) >= 11 is 7.32. The third-order valence-electron chi connectivity index (χ3n) is 3.91. The SMILES string of the molecule is CCNC(=NCc1ccccc1OCCN(C)C)NCC(O)c1ccc(Cl)s1. The van der Waals surface area contributed by atoms with E-state index in [9.17, 15) is 5.11 Å². The summed E-state index contributed by atoms with van der Waals surface area (Å²) in [6.45, 7) is 5.05. The largest absolute Gasteiger partial charge is 0.492 e. The van der Waals surface area contributed by atoms with Crippen molar-refractivity contribution in [3.8, 4) is 5.75 Å². The summed E-state index contributed by atoms with van der Waals surface area (Å²) < 4.78 is 6.56. The van der Waals surface area contributed by atoms with Crippen molar-refractivity contribution in [3.63, 3.8) is 0 Å². The van der Waals surface area contributed by atoms with Crippen LogP contribution in [0.3, 0.4) is 0 Å². The highest BCUT2D eigenvalue weighted by Gasteiger charge is 2.11. The maximum atomic E-state index is 10.3. The summed E-state index contributed by atoms with van der Waals surface area (Å²) in [5.41, 5.74) is 1.02. The van der Waals surface area contributed by atoms with Crippen molar-refractivity contribution in [2.75, 3.05) is 40.3 Å². The molecule has 0 amide bonds. The van der Waals surface area contributed by atoms with Gasteiger partial charge in [-0.2, -0.15) is 0 Å². The van der Waals surface area contributed by atoms with E-state index in [1.54, 1.807) is 6.07 Å². The molecule has 1 heterocycles. The Kier molecular flexibility index (Phi) is 9.57. The van der Waals surface area contributed by atoms with Crippen molar-refractivity contribution in [3.05, 3.63) is 51.2 Å². The number of hydrogen-bond donors (Lipinski definition) is 3. The molecule has 1 unspecified atom stereocenters. The normalized spacial score (nSPS) is 12.9. The highest BCUT2D eigenvalue weighted by atomic mass is 35.5. The summed E-state index contributed by atoms with van der Waals surface area (Å²) in [4.78, 5) is 7.54. The highest BCUT2D eigenvalue weighted by molar-refractivity contribution is 7.16. The van der Waals surface area contributed by atoms with Gasteiger partial charge in [-0.1, -0.05) is 29.8 Å². The van der Waals surface area contributed by atoms with Crippen LogP contribution >= 0.6 is 22.9 Å². The molecule has 2 rings (SSSR count). The minimum atomic E-state index is -0.636. The molecule has 0 aliphatic heterocycles. The first-order valence-corrected chi connectivity index (χ1v) is 10.5. The molecule has 0 aliphatic carbocycles. The summed E-state index contributed by atoms with van der Waals surface area (Å²) in [7, 11) is 4.04. The fourth-order valence-electron chi connectivity index (χ4n) is 2.42. The van der Waals surface area contributed by atoms with E-state index >= 15 is 0 Å². The van der Waals surface area contributed by atoms with Crippen molar-refractivity contribution < 1.29 is 9.84 Å². The number of thiophene rings is 1. The van der Waals surface area contributed by atoms with Gasteiger partial charge in [0.25, 0.3) is 0 Å².